The molecule has 1 amide bonds. The van der Waals surface area contributed by atoms with Gasteiger partial charge in [0.25, 0.3) is 0 Å². The molecule has 25 heavy (non-hydrogen) atoms. The molecule has 0 saturated carbocycles. The minimum atomic E-state index is 0.268. The highest BCUT2D eigenvalue weighted by Gasteiger charge is 2.31. The van der Waals surface area contributed by atoms with Gasteiger partial charge in [-0.1, -0.05) is 37.3 Å². The Labute approximate surface area is 151 Å². The predicted molar refractivity (Wildman–Crippen MR) is 99.4 cm³/mol. The van der Waals surface area contributed by atoms with Gasteiger partial charge in [-0.15, -0.1) is 0 Å². The number of hydrogen-bond acceptors (Lipinski definition) is 4. The number of carbonyl (C=O) groups excluding carboxylic acids is 1. The molecule has 138 valence electrons. The third-order valence-corrected chi connectivity index (χ3v) is 5.40. The summed E-state index contributed by atoms with van der Waals surface area (Å²) in [6, 6.07) is 11.8. The minimum Gasteiger partial charge on any atom is -0.379 e. The summed E-state index contributed by atoms with van der Waals surface area (Å²) in [5.41, 5.74) is 1.35. The number of nitrogens with zero attached hydrogens (tertiary/aromatic N) is 2. The zero-order chi connectivity index (χ0) is 17.6. The molecule has 1 aromatic carbocycles. The molecular formula is C20H31N3O2. The summed E-state index contributed by atoms with van der Waals surface area (Å²) in [6.07, 6.45) is 1.64. The molecule has 2 fully saturated rings. The molecule has 5 heteroatoms. The Balaban J connectivity index is 1.67. The monoisotopic (exact) mass is 345 g/mol. The maximum absolute atomic E-state index is 11.9. The molecule has 2 saturated heterocycles. The molecule has 0 radical (unpaired) electrons. The second-order valence-electron chi connectivity index (χ2n) is 7.14. The SMILES string of the molecule is CCC(=O)N1CC[C@H](N[C@H](C)[C@H](c2ccccc2)N2CCOCC2)C1. The van der Waals surface area contributed by atoms with Gasteiger partial charge in [0.05, 0.1) is 19.3 Å². The van der Waals surface area contributed by atoms with Crippen LogP contribution < -0.4 is 5.32 Å². The van der Waals surface area contributed by atoms with Gasteiger partial charge in [-0.25, -0.2) is 0 Å². The van der Waals surface area contributed by atoms with Crippen molar-refractivity contribution in [2.75, 3.05) is 39.4 Å². The lowest BCUT2D eigenvalue weighted by Gasteiger charge is -2.39. The van der Waals surface area contributed by atoms with Gasteiger partial charge in [0.1, 0.15) is 0 Å². The zero-order valence-electron chi connectivity index (χ0n) is 15.5. The zero-order valence-corrected chi connectivity index (χ0v) is 15.5. The van der Waals surface area contributed by atoms with Crippen LogP contribution in [0.3, 0.4) is 0 Å². The molecule has 2 aliphatic heterocycles. The Hall–Kier alpha value is -1.43. The molecule has 0 bridgehead atoms. The van der Waals surface area contributed by atoms with Gasteiger partial charge in [-0.2, -0.15) is 0 Å². The summed E-state index contributed by atoms with van der Waals surface area (Å²) in [5.74, 6) is 0.268. The van der Waals surface area contributed by atoms with Crippen molar-refractivity contribution >= 4 is 5.91 Å². The Morgan fingerprint density at radius 3 is 2.64 bits per heavy atom. The van der Waals surface area contributed by atoms with E-state index in [2.05, 4.69) is 47.5 Å². The van der Waals surface area contributed by atoms with E-state index in [1.165, 1.54) is 5.56 Å². The number of benzene rings is 1. The molecule has 3 rings (SSSR count). The van der Waals surface area contributed by atoms with Crippen LogP contribution in [0.1, 0.15) is 38.3 Å². The van der Waals surface area contributed by atoms with E-state index < -0.39 is 0 Å². The summed E-state index contributed by atoms with van der Waals surface area (Å²) >= 11 is 0. The Kier molecular flexibility index (Phi) is 6.45. The number of likely N-dealkylation sites (tertiary alicyclic amines) is 1. The van der Waals surface area contributed by atoms with Crippen LogP contribution in [0.5, 0.6) is 0 Å². The van der Waals surface area contributed by atoms with Gasteiger partial charge in [-0.3, -0.25) is 9.69 Å². The van der Waals surface area contributed by atoms with E-state index in [0.717, 1.165) is 45.8 Å². The molecule has 2 heterocycles. The number of ether oxygens (including phenoxy) is 1. The highest BCUT2D eigenvalue weighted by atomic mass is 16.5. The molecule has 5 nitrogen and oxygen atoms in total. The summed E-state index contributed by atoms with van der Waals surface area (Å²) < 4.78 is 5.55. The van der Waals surface area contributed by atoms with Crippen molar-refractivity contribution in [2.24, 2.45) is 0 Å². The third kappa shape index (κ3) is 4.60. The lowest BCUT2D eigenvalue weighted by molar-refractivity contribution is -0.129. The third-order valence-electron chi connectivity index (χ3n) is 5.40. The average molecular weight is 345 g/mol. The summed E-state index contributed by atoms with van der Waals surface area (Å²) in [6.45, 7) is 9.48. The van der Waals surface area contributed by atoms with Gasteiger partial charge in [-0.05, 0) is 18.9 Å². The second-order valence-corrected chi connectivity index (χ2v) is 7.14. The molecule has 0 aliphatic carbocycles. The number of rotatable bonds is 6. The van der Waals surface area contributed by atoms with E-state index in [0.29, 0.717) is 24.5 Å². The fourth-order valence-corrected chi connectivity index (χ4v) is 4.13. The van der Waals surface area contributed by atoms with Crippen molar-refractivity contribution in [3.8, 4) is 0 Å². The second kappa shape index (κ2) is 8.79. The first-order valence-corrected chi connectivity index (χ1v) is 9.59. The molecule has 1 aromatic rings. The fraction of sp³-hybridized carbons (Fsp3) is 0.650. The Bertz CT molecular complexity index is 545. The fourth-order valence-electron chi connectivity index (χ4n) is 4.13. The van der Waals surface area contributed by atoms with E-state index >= 15 is 0 Å². The van der Waals surface area contributed by atoms with Crippen molar-refractivity contribution < 1.29 is 9.53 Å². The first-order chi connectivity index (χ1) is 12.2. The van der Waals surface area contributed by atoms with Crippen molar-refractivity contribution in [3.63, 3.8) is 0 Å². The number of nitrogens with one attached hydrogen (secondary N) is 1. The molecular weight excluding hydrogens is 314 g/mol. The topological polar surface area (TPSA) is 44.8 Å². The first kappa shape index (κ1) is 18.4. The van der Waals surface area contributed by atoms with Crippen molar-refractivity contribution in [1.29, 1.82) is 0 Å². The van der Waals surface area contributed by atoms with Crippen molar-refractivity contribution in [1.82, 2.24) is 15.1 Å². The molecule has 3 atom stereocenters. The highest BCUT2D eigenvalue weighted by molar-refractivity contribution is 5.76. The van der Waals surface area contributed by atoms with E-state index in [1.807, 2.05) is 11.8 Å². The Morgan fingerprint density at radius 2 is 1.96 bits per heavy atom. The lowest BCUT2D eigenvalue weighted by atomic mass is 9.97. The number of hydrogen-bond donors (Lipinski definition) is 1. The quantitative estimate of drug-likeness (QED) is 0.857. The van der Waals surface area contributed by atoms with Crippen LogP contribution in [-0.2, 0) is 9.53 Å². The molecule has 0 aromatic heterocycles. The number of carbonyl (C=O) groups is 1. The van der Waals surface area contributed by atoms with Crippen LogP contribution >= 0.6 is 0 Å². The van der Waals surface area contributed by atoms with Crippen LogP contribution in [0.2, 0.25) is 0 Å². The minimum absolute atomic E-state index is 0.268. The summed E-state index contributed by atoms with van der Waals surface area (Å²) in [5, 5.41) is 3.81. The van der Waals surface area contributed by atoms with Gasteiger partial charge in [0.2, 0.25) is 5.91 Å². The normalized spacial score (nSPS) is 24.2. The first-order valence-electron chi connectivity index (χ1n) is 9.59. The average Bonchev–Trinajstić information content (AvgIpc) is 3.11. The maximum atomic E-state index is 11.9. The van der Waals surface area contributed by atoms with Crippen LogP contribution in [0.4, 0.5) is 0 Å². The van der Waals surface area contributed by atoms with Gasteiger partial charge < -0.3 is 15.0 Å². The predicted octanol–water partition coefficient (Wildman–Crippen LogP) is 2.05. The van der Waals surface area contributed by atoms with E-state index in [9.17, 15) is 4.79 Å². The van der Waals surface area contributed by atoms with Gasteiger partial charge >= 0.3 is 0 Å². The van der Waals surface area contributed by atoms with Crippen LogP contribution in [0.25, 0.3) is 0 Å². The maximum Gasteiger partial charge on any atom is 0.222 e. The van der Waals surface area contributed by atoms with E-state index in [-0.39, 0.29) is 5.91 Å². The van der Waals surface area contributed by atoms with Gasteiger partial charge in [0, 0.05) is 44.7 Å². The van der Waals surface area contributed by atoms with Gasteiger partial charge in [0.15, 0.2) is 0 Å². The molecule has 0 unspecified atom stereocenters. The standard InChI is InChI=1S/C20H31N3O2/c1-3-19(24)23-10-9-18(15-23)21-16(2)20(17-7-5-4-6-8-17)22-11-13-25-14-12-22/h4-8,16,18,20-21H,3,9-15H2,1-2H3/t16-,18+,20-/m1/s1. The highest BCUT2D eigenvalue weighted by Crippen LogP contribution is 2.26. The van der Waals surface area contributed by atoms with Crippen molar-refractivity contribution in [2.45, 2.75) is 44.8 Å². The number of amides is 1. The molecule has 0 spiro atoms. The van der Waals surface area contributed by atoms with Crippen molar-refractivity contribution in [3.05, 3.63) is 35.9 Å². The molecule has 2 aliphatic rings. The largest absolute Gasteiger partial charge is 0.379 e. The number of morpholine rings is 1. The lowest BCUT2D eigenvalue weighted by Crippen LogP contribution is -2.50. The van der Waals surface area contributed by atoms with E-state index in [4.69, 9.17) is 4.74 Å². The summed E-state index contributed by atoms with van der Waals surface area (Å²) in [4.78, 5) is 16.4. The van der Waals surface area contributed by atoms with Crippen LogP contribution in [0, 0.1) is 0 Å². The smallest absolute Gasteiger partial charge is 0.222 e. The van der Waals surface area contributed by atoms with Crippen LogP contribution in [0.15, 0.2) is 30.3 Å². The summed E-state index contributed by atoms with van der Waals surface area (Å²) in [7, 11) is 0. The van der Waals surface area contributed by atoms with E-state index in [1.54, 1.807) is 0 Å². The Morgan fingerprint density at radius 1 is 1.24 bits per heavy atom. The molecule has 1 N–H and O–H groups in total. The van der Waals surface area contributed by atoms with Crippen LogP contribution in [-0.4, -0.2) is 67.2 Å².